The number of β-amino-alcohol motifs (C(OH)–C–C–N with tert-alkyl or cyclic N) is 2. The molecule has 0 rings (SSSR count). The highest BCUT2D eigenvalue weighted by atomic mass is 16.3. The SMILES string of the molecule is CCCCCCCCCCCCCCCCC(CO)(CCCCCCCCCCCCCCCC)N(CCO)CCO. The smallest absolute Gasteiger partial charge is 0.0615 e. The monoisotopic (exact) mass is 598 g/mol. The first kappa shape index (κ1) is 41.8. The summed E-state index contributed by atoms with van der Waals surface area (Å²) in [5, 5.41) is 30.0. The Morgan fingerprint density at radius 1 is 0.357 bits per heavy atom. The maximum absolute atomic E-state index is 10.6. The third-order valence-electron chi connectivity index (χ3n) is 9.70. The summed E-state index contributed by atoms with van der Waals surface area (Å²) < 4.78 is 0. The molecule has 0 atom stereocenters. The van der Waals surface area contributed by atoms with Crippen molar-refractivity contribution in [1.82, 2.24) is 4.90 Å². The van der Waals surface area contributed by atoms with E-state index in [2.05, 4.69) is 18.7 Å². The first-order valence-corrected chi connectivity index (χ1v) is 19.3. The summed E-state index contributed by atoms with van der Waals surface area (Å²) in [5.41, 5.74) is -0.292. The molecular formula is C38H79NO3. The fourth-order valence-corrected chi connectivity index (χ4v) is 6.82. The van der Waals surface area contributed by atoms with Gasteiger partial charge in [0.2, 0.25) is 0 Å². The molecule has 3 N–H and O–H groups in total. The Kier molecular flexibility index (Phi) is 33.6. The van der Waals surface area contributed by atoms with E-state index in [1.807, 2.05) is 0 Å². The van der Waals surface area contributed by atoms with Crippen molar-refractivity contribution in [3.8, 4) is 0 Å². The lowest BCUT2D eigenvalue weighted by Gasteiger charge is -2.43. The molecular weight excluding hydrogens is 518 g/mol. The Labute approximate surface area is 264 Å². The van der Waals surface area contributed by atoms with Crippen molar-refractivity contribution < 1.29 is 15.3 Å². The predicted octanol–water partition coefficient (Wildman–Crippen LogP) is 10.7. The van der Waals surface area contributed by atoms with Gasteiger partial charge < -0.3 is 15.3 Å². The molecule has 0 radical (unpaired) electrons. The zero-order valence-corrected chi connectivity index (χ0v) is 29.0. The third kappa shape index (κ3) is 25.2. The van der Waals surface area contributed by atoms with E-state index in [0.717, 1.165) is 25.7 Å². The van der Waals surface area contributed by atoms with Crippen LogP contribution in [0, 0.1) is 0 Å². The Morgan fingerprint density at radius 3 is 0.810 bits per heavy atom. The van der Waals surface area contributed by atoms with Crippen LogP contribution in [0.1, 0.15) is 206 Å². The van der Waals surface area contributed by atoms with Crippen LogP contribution < -0.4 is 0 Å². The van der Waals surface area contributed by atoms with E-state index in [4.69, 9.17) is 0 Å². The van der Waals surface area contributed by atoms with Crippen molar-refractivity contribution in [2.24, 2.45) is 0 Å². The van der Waals surface area contributed by atoms with Gasteiger partial charge in [0.05, 0.1) is 19.8 Å². The van der Waals surface area contributed by atoms with Crippen molar-refractivity contribution >= 4 is 0 Å². The number of rotatable bonds is 36. The van der Waals surface area contributed by atoms with Gasteiger partial charge in [-0.3, -0.25) is 4.90 Å². The van der Waals surface area contributed by atoms with Crippen molar-refractivity contribution in [2.75, 3.05) is 32.9 Å². The highest BCUT2D eigenvalue weighted by Gasteiger charge is 2.34. The van der Waals surface area contributed by atoms with Gasteiger partial charge in [-0.25, -0.2) is 0 Å². The highest BCUT2D eigenvalue weighted by molar-refractivity contribution is 4.90. The van der Waals surface area contributed by atoms with Gasteiger partial charge in [-0.15, -0.1) is 0 Å². The predicted molar refractivity (Wildman–Crippen MR) is 185 cm³/mol. The van der Waals surface area contributed by atoms with Crippen molar-refractivity contribution in [1.29, 1.82) is 0 Å². The van der Waals surface area contributed by atoms with Gasteiger partial charge in [0.15, 0.2) is 0 Å². The lowest BCUT2D eigenvalue weighted by Crippen LogP contribution is -2.53. The molecule has 0 bridgehead atoms. The molecule has 0 aliphatic carbocycles. The number of hydrogen-bond acceptors (Lipinski definition) is 4. The second kappa shape index (κ2) is 33.7. The first-order valence-electron chi connectivity index (χ1n) is 19.3. The summed E-state index contributed by atoms with van der Waals surface area (Å²) in [7, 11) is 0. The fraction of sp³-hybridized carbons (Fsp3) is 1.00. The summed E-state index contributed by atoms with van der Waals surface area (Å²) in [6, 6.07) is 0. The van der Waals surface area contributed by atoms with Gasteiger partial charge in [-0.1, -0.05) is 194 Å². The van der Waals surface area contributed by atoms with Gasteiger partial charge in [-0.05, 0) is 12.8 Å². The van der Waals surface area contributed by atoms with E-state index in [9.17, 15) is 15.3 Å². The normalized spacial score (nSPS) is 12.1. The molecule has 0 saturated carbocycles. The van der Waals surface area contributed by atoms with Crippen molar-refractivity contribution in [3.05, 3.63) is 0 Å². The van der Waals surface area contributed by atoms with Crippen LogP contribution in [0.5, 0.6) is 0 Å². The first-order chi connectivity index (χ1) is 20.7. The van der Waals surface area contributed by atoms with Crippen LogP contribution in [0.3, 0.4) is 0 Å². The summed E-state index contributed by atoms with van der Waals surface area (Å²) in [6.45, 7) is 5.95. The largest absolute Gasteiger partial charge is 0.395 e. The molecule has 0 saturated heterocycles. The van der Waals surface area contributed by atoms with Crippen LogP contribution in [0.25, 0.3) is 0 Å². The van der Waals surface area contributed by atoms with Gasteiger partial charge >= 0.3 is 0 Å². The van der Waals surface area contributed by atoms with Gasteiger partial charge in [0.1, 0.15) is 0 Å². The summed E-state index contributed by atoms with van der Waals surface area (Å²) >= 11 is 0. The minimum Gasteiger partial charge on any atom is -0.395 e. The standard InChI is InChI=1S/C38H79NO3/c1-3-5-7-9-11-13-15-17-19-21-23-25-27-29-31-38(37-42,39(33-35-40)34-36-41)32-30-28-26-24-22-20-18-16-14-12-10-8-6-4-2/h40-42H,3-37H2,1-2H3. The van der Waals surface area contributed by atoms with E-state index in [1.165, 1.54) is 167 Å². The average Bonchev–Trinajstić information content (AvgIpc) is 3.00. The molecule has 254 valence electrons. The lowest BCUT2D eigenvalue weighted by molar-refractivity contribution is -0.00725. The van der Waals surface area contributed by atoms with Crippen molar-refractivity contribution in [3.63, 3.8) is 0 Å². The Morgan fingerprint density at radius 2 is 0.595 bits per heavy atom. The number of nitrogens with zero attached hydrogens (tertiary/aromatic N) is 1. The summed E-state index contributed by atoms with van der Waals surface area (Å²) in [5.74, 6) is 0. The van der Waals surface area contributed by atoms with Crippen molar-refractivity contribution in [2.45, 2.75) is 212 Å². The van der Waals surface area contributed by atoms with E-state index in [0.29, 0.717) is 13.1 Å². The number of hydrogen-bond donors (Lipinski definition) is 3. The van der Waals surface area contributed by atoms with Crippen LogP contribution >= 0.6 is 0 Å². The van der Waals surface area contributed by atoms with Crippen LogP contribution in [-0.4, -0.2) is 58.7 Å². The van der Waals surface area contributed by atoms with E-state index >= 15 is 0 Å². The third-order valence-corrected chi connectivity index (χ3v) is 9.70. The molecule has 0 aliphatic rings. The van der Waals surface area contributed by atoms with E-state index < -0.39 is 0 Å². The molecule has 0 aromatic heterocycles. The second-order valence-corrected chi connectivity index (χ2v) is 13.5. The number of aliphatic hydroxyl groups is 3. The Bertz CT molecular complexity index is 463. The van der Waals surface area contributed by atoms with Gasteiger partial charge in [0.25, 0.3) is 0 Å². The highest BCUT2D eigenvalue weighted by Crippen LogP contribution is 2.30. The fourth-order valence-electron chi connectivity index (χ4n) is 6.82. The van der Waals surface area contributed by atoms with E-state index in [1.54, 1.807) is 0 Å². The summed E-state index contributed by atoms with van der Waals surface area (Å²) in [4.78, 5) is 2.19. The zero-order valence-electron chi connectivity index (χ0n) is 29.0. The maximum Gasteiger partial charge on any atom is 0.0615 e. The second-order valence-electron chi connectivity index (χ2n) is 13.5. The molecule has 0 fully saturated rings. The maximum atomic E-state index is 10.6. The zero-order chi connectivity index (χ0) is 30.8. The van der Waals surface area contributed by atoms with Crippen LogP contribution in [-0.2, 0) is 0 Å². The van der Waals surface area contributed by atoms with E-state index in [-0.39, 0.29) is 25.4 Å². The Hall–Kier alpha value is -0.160. The minimum atomic E-state index is -0.292. The van der Waals surface area contributed by atoms with Gasteiger partial charge in [-0.2, -0.15) is 0 Å². The molecule has 0 aromatic rings. The van der Waals surface area contributed by atoms with Crippen LogP contribution in [0.4, 0.5) is 0 Å². The van der Waals surface area contributed by atoms with Crippen LogP contribution in [0.15, 0.2) is 0 Å². The quantitative estimate of drug-likeness (QED) is 0.0629. The number of unbranched alkanes of at least 4 members (excludes halogenated alkanes) is 26. The minimum absolute atomic E-state index is 0.0826. The molecule has 0 heterocycles. The molecule has 0 aromatic carbocycles. The number of aliphatic hydroxyl groups excluding tert-OH is 3. The molecule has 4 heteroatoms. The lowest BCUT2D eigenvalue weighted by atomic mass is 9.84. The van der Waals surface area contributed by atoms with Crippen LogP contribution in [0.2, 0.25) is 0 Å². The van der Waals surface area contributed by atoms with Gasteiger partial charge in [0, 0.05) is 18.6 Å². The average molecular weight is 598 g/mol. The molecule has 0 spiro atoms. The summed E-state index contributed by atoms with van der Waals surface area (Å²) in [6.07, 6.45) is 39.9. The molecule has 0 aliphatic heterocycles. The Balaban J connectivity index is 4.14. The molecule has 42 heavy (non-hydrogen) atoms. The molecule has 0 unspecified atom stereocenters. The molecule has 4 nitrogen and oxygen atoms in total. The topological polar surface area (TPSA) is 63.9 Å². The molecule has 0 amide bonds.